The molecule has 5 nitrogen and oxygen atoms in total. The van der Waals surface area contributed by atoms with Gasteiger partial charge in [0.25, 0.3) is 0 Å². The molecule has 4 N–H and O–H groups in total. The van der Waals surface area contributed by atoms with E-state index in [2.05, 4.69) is 5.32 Å². The molecule has 106 valence electrons. The Bertz CT molecular complexity index is 452. The molecule has 0 spiro atoms. The molecule has 0 saturated carbocycles. The van der Waals surface area contributed by atoms with Gasteiger partial charge < -0.3 is 16.2 Å². The van der Waals surface area contributed by atoms with E-state index in [1.54, 1.807) is 44.0 Å². The lowest BCUT2D eigenvalue weighted by atomic mass is 10.2. The molecule has 1 amide bonds. The molecule has 2 unspecified atom stereocenters. The Kier molecular flexibility index (Phi) is 5.60. The number of hydrogen-bond donors (Lipinski definition) is 3. The summed E-state index contributed by atoms with van der Waals surface area (Å²) in [6.45, 7) is 3.87. The van der Waals surface area contributed by atoms with Crippen LogP contribution in [-0.2, 0) is 4.79 Å². The van der Waals surface area contributed by atoms with Crippen molar-refractivity contribution in [2.45, 2.75) is 26.0 Å². The average molecular weight is 286 g/mol. The second-order valence-electron chi connectivity index (χ2n) is 4.69. The number of aliphatic hydroxyl groups is 1. The summed E-state index contributed by atoms with van der Waals surface area (Å²) in [6.07, 6.45) is -0.485. The Morgan fingerprint density at radius 2 is 2.16 bits per heavy atom. The van der Waals surface area contributed by atoms with Gasteiger partial charge in [0.1, 0.15) is 0 Å². The number of hydrogen-bond acceptors (Lipinski definition) is 4. The summed E-state index contributed by atoms with van der Waals surface area (Å²) in [7, 11) is 1.78. The third-order valence-corrected chi connectivity index (χ3v) is 3.10. The van der Waals surface area contributed by atoms with Gasteiger partial charge in [-0.2, -0.15) is 0 Å². The monoisotopic (exact) mass is 285 g/mol. The molecule has 1 rings (SSSR count). The normalized spacial score (nSPS) is 14.2. The van der Waals surface area contributed by atoms with Crippen molar-refractivity contribution >= 4 is 28.9 Å². The molecule has 0 radical (unpaired) electrons. The predicted molar refractivity (Wildman–Crippen MR) is 78.3 cm³/mol. The molecular formula is C13H20ClN3O2. The molecule has 1 aromatic carbocycles. The zero-order valence-corrected chi connectivity index (χ0v) is 12.1. The van der Waals surface area contributed by atoms with Crippen LogP contribution in [0.3, 0.4) is 0 Å². The number of halogens is 1. The van der Waals surface area contributed by atoms with Gasteiger partial charge in [-0.15, -0.1) is 0 Å². The minimum Gasteiger partial charge on any atom is -0.397 e. The number of nitrogens with two attached hydrogens (primary N) is 1. The van der Waals surface area contributed by atoms with Crippen molar-refractivity contribution in [3.05, 3.63) is 23.2 Å². The quantitative estimate of drug-likeness (QED) is 0.718. The van der Waals surface area contributed by atoms with Crippen LogP contribution in [0.1, 0.15) is 13.8 Å². The van der Waals surface area contributed by atoms with E-state index in [0.29, 0.717) is 22.9 Å². The van der Waals surface area contributed by atoms with Crippen LogP contribution in [0.5, 0.6) is 0 Å². The highest BCUT2D eigenvalue weighted by atomic mass is 35.5. The number of amides is 1. The van der Waals surface area contributed by atoms with E-state index in [1.807, 2.05) is 0 Å². The topological polar surface area (TPSA) is 78.6 Å². The van der Waals surface area contributed by atoms with Crippen LogP contribution in [0.2, 0.25) is 5.02 Å². The Labute approximate surface area is 118 Å². The summed E-state index contributed by atoms with van der Waals surface area (Å²) in [6, 6.07) is 4.54. The van der Waals surface area contributed by atoms with Crippen LogP contribution in [0.25, 0.3) is 0 Å². The van der Waals surface area contributed by atoms with Crippen LogP contribution in [0, 0.1) is 0 Å². The zero-order chi connectivity index (χ0) is 14.6. The van der Waals surface area contributed by atoms with Crippen LogP contribution in [0.4, 0.5) is 11.4 Å². The van der Waals surface area contributed by atoms with Crippen molar-refractivity contribution in [2.75, 3.05) is 24.6 Å². The van der Waals surface area contributed by atoms with Gasteiger partial charge in [0.05, 0.1) is 23.5 Å². The Morgan fingerprint density at radius 3 is 2.68 bits per heavy atom. The van der Waals surface area contributed by atoms with Crippen molar-refractivity contribution in [1.82, 2.24) is 4.90 Å². The van der Waals surface area contributed by atoms with Gasteiger partial charge in [-0.25, -0.2) is 0 Å². The second kappa shape index (κ2) is 6.75. The van der Waals surface area contributed by atoms with Crippen molar-refractivity contribution in [3.63, 3.8) is 0 Å². The van der Waals surface area contributed by atoms with Gasteiger partial charge in [-0.1, -0.05) is 11.6 Å². The van der Waals surface area contributed by atoms with Crippen LogP contribution >= 0.6 is 11.6 Å². The van der Waals surface area contributed by atoms with E-state index >= 15 is 0 Å². The number of nitrogen functional groups attached to an aromatic ring is 1. The Morgan fingerprint density at radius 1 is 1.53 bits per heavy atom. The van der Waals surface area contributed by atoms with Crippen LogP contribution in [0.15, 0.2) is 18.2 Å². The first kappa shape index (κ1) is 15.8. The highest BCUT2D eigenvalue weighted by Gasteiger charge is 2.19. The highest BCUT2D eigenvalue weighted by Crippen LogP contribution is 2.22. The SMILES string of the molecule is CC(O)CN(C)C(C)C(=O)Nc1ccc(Cl)cc1N. The molecule has 0 aliphatic heterocycles. The summed E-state index contributed by atoms with van der Waals surface area (Å²) < 4.78 is 0. The Hall–Kier alpha value is -1.30. The number of benzene rings is 1. The van der Waals surface area contributed by atoms with Crippen LogP contribution < -0.4 is 11.1 Å². The molecule has 0 heterocycles. The highest BCUT2D eigenvalue weighted by molar-refractivity contribution is 6.31. The summed E-state index contributed by atoms with van der Waals surface area (Å²) in [5, 5.41) is 12.6. The summed E-state index contributed by atoms with van der Waals surface area (Å²) >= 11 is 5.80. The van der Waals surface area contributed by atoms with E-state index in [-0.39, 0.29) is 11.9 Å². The lowest BCUT2D eigenvalue weighted by Gasteiger charge is -2.25. The summed E-state index contributed by atoms with van der Waals surface area (Å²) in [5.41, 5.74) is 6.73. The molecule has 0 aliphatic carbocycles. The fraction of sp³-hybridized carbons (Fsp3) is 0.462. The number of nitrogens with one attached hydrogen (secondary N) is 1. The first-order chi connectivity index (χ1) is 8.81. The molecular weight excluding hydrogens is 266 g/mol. The lowest BCUT2D eigenvalue weighted by Crippen LogP contribution is -2.42. The Balaban J connectivity index is 2.68. The predicted octanol–water partition coefficient (Wildman–Crippen LogP) is 1.56. The number of anilines is 2. The molecule has 2 atom stereocenters. The summed E-state index contributed by atoms with van der Waals surface area (Å²) in [5.74, 6) is -0.183. The van der Waals surface area contributed by atoms with E-state index in [1.165, 1.54) is 0 Å². The minimum atomic E-state index is -0.485. The molecule has 1 aromatic rings. The molecule has 6 heteroatoms. The van der Waals surface area contributed by atoms with E-state index in [4.69, 9.17) is 17.3 Å². The molecule has 0 aromatic heterocycles. The maximum atomic E-state index is 12.0. The molecule has 0 aliphatic rings. The maximum Gasteiger partial charge on any atom is 0.241 e. The van der Waals surface area contributed by atoms with Gasteiger partial charge in [0, 0.05) is 11.6 Å². The minimum absolute atomic E-state index is 0.183. The van der Waals surface area contributed by atoms with Gasteiger partial charge >= 0.3 is 0 Å². The lowest BCUT2D eigenvalue weighted by molar-refractivity contribution is -0.120. The molecule has 0 fully saturated rings. The number of carbonyl (C=O) groups excluding carboxylic acids is 1. The first-order valence-electron chi connectivity index (χ1n) is 6.05. The van der Waals surface area contributed by atoms with Gasteiger partial charge in [-0.3, -0.25) is 9.69 Å². The third-order valence-electron chi connectivity index (χ3n) is 2.86. The smallest absolute Gasteiger partial charge is 0.241 e. The third kappa shape index (κ3) is 4.70. The fourth-order valence-electron chi connectivity index (χ4n) is 1.66. The van der Waals surface area contributed by atoms with Crippen molar-refractivity contribution in [2.24, 2.45) is 0 Å². The average Bonchev–Trinajstić information content (AvgIpc) is 2.30. The van der Waals surface area contributed by atoms with Crippen molar-refractivity contribution in [1.29, 1.82) is 0 Å². The van der Waals surface area contributed by atoms with Crippen molar-refractivity contribution in [3.8, 4) is 0 Å². The number of rotatable bonds is 5. The fourth-order valence-corrected chi connectivity index (χ4v) is 1.84. The van der Waals surface area contributed by atoms with Gasteiger partial charge in [-0.05, 0) is 39.1 Å². The summed E-state index contributed by atoms with van der Waals surface area (Å²) in [4.78, 5) is 13.8. The maximum absolute atomic E-state index is 12.0. The van der Waals surface area contributed by atoms with E-state index < -0.39 is 6.10 Å². The van der Waals surface area contributed by atoms with Gasteiger partial charge in [0.15, 0.2) is 0 Å². The van der Waals surface area contributed by atoms with E-state index in [0.717, 1.165) is 0 Å². The van der Waals surface area contributed by atoms with Crippen molar-refractivity contribution < 1.29 is 9.90 Å². The van der Waals surface area contributed by atoms with E-state index in [9.17, 15) is 9.90 Å². The first-order valence-corrected chi connectivity index (χ1v) is 6.43. The second-order valence-corrected chi connectivity index (χ2v) is 5.12. The number of aliphatic hydroxyl groups excluding tert-OH is 1. The largest absolute Gasteiger partial charge is 0.397 e. The number of likely N-dealkylation sites (N-methyl/N-ethyl adjacent to an activating group) is 1. The molecule has 0 bridgehead atoms. The van der Waals surface area contributed by atoms with Gasteiger partial charge in [0.2, 0.25) is 5.91 Å². The standard InChI is InChI=1S/C13H20ClN3O2/c1-8(18)7-17(3)9(2)13(19)16-12-5-4-10(14)6-11(12)15/h4-6,8-9,18H,7,15H2,1-3H3,(H,16,19). The number of carbonyl (C=O) groups is 1. The van der Waals surface area contributed by atoms with Crippen LogP contribution in [-0.4, -0.2) is 41.7 Å². The molecule has 19 heavy (non-hydrogen) atoms. The number of nitrogens with zero attached hydrogens (tertiary/aromatic N) is 1. The molecule has 0 saturated heterocycles. The zero-order valence-electron chi connectivity index (χ0n) is 11.4.